The minimum Gasteiger partial charge on any atom is -0.340 e. The van der Waals surface area contributed by atoms with E-state index in [9.17, 15) is 4.79 Å². The Morgan fingerprint density at radius 2 is 1.71 bits per heavy atom. The summed E-state index contributed by atoms with van der Waals surface area (Å²) in [6.07, 6.45) is 5.52. The van der Waals surface area contributed by atoms with Gasteiger partial charge in [-0.3, -0.25) is 4.79 Å². The van der Waals surface area contributed by atoms with Crippen LogP contribution >= 0.6 is 15.9 Å². The zero-order chi connectivity index (χ0) is 19.3. The summed E-state index contributed by atoms with van der Waals surface area (Å²) in [5, 5.41) is 3.01. The Morgan fingerprint density at radius 3 is 2.43 bits per heavy atom. The number of nitrogens with one attached hydrogen (secondary N) is 1. The lowest BCUT2D eigenvalue weighted by atomic mass is 9.97. The number of anilines is 2. The van der Waals surface area contributed by atoms with Crippen molar-refractivity contribution in [1.82, 2.24) is 9.97 Å². The third kappa shape index (κ3) is 4.39. The SMILES string of the molecule is O=C(Nc1ccc(Br)cc1)[C@H]1CCCN(c2ncc(-c3ccccc3)cn2)C1. The maximum absolute atomic E-state index is 12.7. The van der Waals surface area contributed by atoms with Gasteiger partial charge in [-0.25, -0.2) is 9.97 Å². The number of aromatic nitrogens is 2. The minimum absolute atomic E-state index is 0.0490. The molecule has 1 fully saturated rings. The molecule has 0 saturated carbocycles. The third-order valence-electron chi connectivity index (χ3n) is 4.93. The Balaban J connectivity index is 1.42. The first-order chi connectivity index (χ1) is 13.7. The van der Waals surface area contributed by atoms with Crippen molar-refractivity contribution in [1.29, 1.82) is 0 Å². The van der Waals surface area contributed by atoms with Crippen LogP contribution < -0.4 is 10.2 Å². The Bertz CT molecular complexity index is 929. The number of hydrogen-bond acceptors (Lipinski definition) is 4. The van der Waals surface area contributed by atoms with Crippen LogP contribution in [0.5, 0.6) is 0 Å². The molecule has 3 aromatic rings. The highest BCUT2D eigenvalue weighted by Crippen LogP contribution is 2.24. The second-order valence-electron chi connectivity index (χ2n) is 6.92. The number of hydrogen-bond donors (Lipinski definition) is 1. The fraction of sp³-hybridized carbons (Fsp3) is 0.227. The van der Waals surface area contributed by atoms with Gasteiger partial charge < -0.3 is 10.2 Å². The molecule has 0 unspecified atom stereocenters. The molecular formula is C22H21BrN4O. The van der Waals surface area contributed by atoms with Crippen LogP contribution in [0.3, 0.4) is 0 Å². The molecular weight excluding hydrogens is 416 g/mol. The molecule has 1 aliphatic rings. The zero-order valence-corrected chi connectivity index (χ0v) is 17.0. The first kappa shape index (κ1) is 18.6. The lowest BCUT2D eigenvalue weighted by Crippen LogP contribution is -2.41. The molecule has 1 atom stereocenters. The van der Waals surface area contributed by atoms with Crippen LogP contribution in [-0.2, 0) is 4.79 Å². The minimum atomic E-state index is -0.0743. The Kier molecular flexibility index (Phi) is 5.67. The van der Waals surface area contributed by atoms with Gasteiger partial charge in [0.25, 0.3) is 0 Å². The van der Waals surface area contributed by atoms with Gasteiger partial charge in [0.2, 0.25) is 11.9 Å². The van der Waals surface area contributed by atoms with Crippen molar-refractivity contribution in [3.63, 3.8) is 0 Å². The first-order valence-electron chi connectivity index (χ1n) is 9.38. The lowest BCUT2D eigenvalue weighted by molar-refractivity contribution is -0.120. The largest absolute Gasteiger partial charge is 0.340 e. The molecule has 0 aliphatic carbocycles. The van der Waals surface area contributed by atoms with E-state index in [1.165, 1.54) is 0 Å². The molecule has 4 rings (SSSR count). The van der Waals surface area contributed by atoms with Crippen molar-refractivity contribution in [2.75, 3.05) is 23.3 Å². The average molecular weight is 437 g/mol. The highest BCUT2D eigenvalue weighted by molar-refractivity contribution is 9.10. The second-order valence-corrected chi connectivity index (χ2v) is 7.83. The van der Waals surface area contributed by atoms with Crippen LogP contribution in [0, 0.1) is 5.92 Å². The summed E-state index contributed by atoms with van der Waals surface area (Å²) in [7, 11) is 0. The van der Waals surface area contributed by atoms with E-state index < -0.39 is 0 Å². The first-order valence-corrected chi connectivity index (χ1v) is 10.2. The number of nitrogens with zero attached hydrogens (tertiary/aromatic N) is 3. The van der Waals surface area contributed by atoms with Crippen molar-refractivity contribution in [2.45, 2.75) is 12.8 Å². The van der Waals surface area contributed by atoms with E-state index in [1.54, 1.807) is 0 Å². The van der Waals surface area contributed by atoms with Crippen molar-refractivity contribution in [3.05, 3.63) is 71.5 Å². The Hall–Kier alpha value is -2.73. The van der Waals surface area contributed by atoms with Gasteiger partial charge in [-0.05, 0) is 42.7 Å². The smallest absolute Gasteiger partial charge is 0.229 e. The lowest BCUT2D eigenvalue weighted by Gasteiger charge is -2.32. The topological polar surface area (TPSA) is 58.1 Å². The summed E-state index contributed by atoms with van der Waals surface area (Å²) in [6, 6.07) is 17.7. The normalized spacial score (nSPS) is 16.6. The van der Waals surface area contributed by atoms with E-state index in [-0.39, 0.29) is 11.8 Å². The van der Waals surface area contributed by atoms with Gasteiger partial charge in [0.05, 0.1) is 5.92 Å². The summed E-state index contributed by atoms with van der Waals surface area (Å²) in [4.78, 5) is 23.9. The molecule has 0 bridgehead atoms. The molecule has 5 nitrogen and oxygen atoms in total. The van der Waals surface area contributed by atoms with Gasteiger partial charge in [-0.1, -0.05) is 46.3 Å². The van der Waals surface area contributed by atoms with Crippen LogP contribution in [0.4, 0.5) is 11.6 Å². The van der Waals surface area contributed by atoms with Crippen molar-refractivity contribution >= 4 is 33.5 Å². The summed E-state index contributed by atoms with van der Waals surface area (Å²) < 4.78 is 0.991. The molecule has 0 radical (unpaired) electrons. The number of halogens is 1. The fourth-order valence-corrected chi connectivity index (χ4v) is 3.68. The number of benzene rings is 2. The maximum atomic E-state index is 12.7. The van der Waals surface area contributed by atoms with Gasteiger partial charge in [0, 0.05) is 41.2 Å². The molecule has 1 amide bonds. The summed E-state index contributed by atoms with van der Waals surface area (Å²) >= 11 is 3.41. The Morgan fingerprint density at radius 1 is 1.00 bits per heavy atom. The molecule has 1 aromatic heterocycles. The maximum Gasteiger partial charge on any atom is 0.229 e. The Labute approximate surface area is 173 Å². The highest BCUT2D eigenvalue weighted by Gasteiger charge is 2.27. The molecule has 1 aliphatic heterocycles. The van der Waals surface area contributed by atoms with E-state index >= 15 is 0 Å². The van der Waals surface area contributed by atoms with Gasteiger partial charge in [0.1, 0.15) is 0 Å². The number of rotatable bonds is 4. The number of piperidine rings is 1. The van der Waals surface area contributed by atoms with E-state index in [0.29, 0.717) is 12.5 Å². The number of amides is 1. The standard InChI is InChI=1S/C22H21BrN4O/c23-19-8-10-20(11-9-19)26-21(28)17-7-4-12-27(15-17)22-24-13-18(14-25-22)16-5-2-1-3-6-16/h1-3,5-6,8-11,13-14,17H,4,7,12,15H2,(H,26,28)/t17-/m0/s1. The molecule has 2 heterocycles. The summed E-state index contributed by atoms with van der Waals surface area (Å²) in [5.74, 6) is 0.656. The van der Waals surface area contributed by atoms with E-state index in [1.807, 2.05) is 67.0 Å². The van der Waals surface area contributed by atoms with Gasteiger partial charge in [-0.2, -0.15) is 0 Å². The van der Waals surface area contributed by atoms with Crippen LogP contribution in [0.15, 0.2) is 71.5 Å². The molecule has 2 aromatic carbocycles. The summed E-state index contributed by atoms with van der Waals surface area (Å²) in [5.41, 5.74) is 2.90. The fourth-order valence-electron chi connectivity index (χ4n) is 3.41. The van der Waals surface area contributed by atoms with Crippen molar-refractivity contribution in [2.24, 2.45) is 5.92 Å². The van der Waals surface area contributed by atoms with Crippen molar-refractivity contribution < 1.29 is 4.79 Å². The van der Waals surface area contributed by atoms with Gasteiger partial charge in [-0.15, -0.1) is 0 Å². The van der Waals surface area contributed by atoms with E-state index in [2.05, 4.69) is 36.1 Å². The van der Waals surface area contributed by atoms with Gasteiger partial charge in [0.15, 0.2) is 0 Å². The van der Waals surface area contributed by atoms with E-state index in [0.717, 1.165) is 40.7 Å². The van der Waals surface area contributed by atoms with Crippen LogP contribution in [0.25, 0.3) is 11.1 Å². The average Bonchev–Trinajstić information content (AvgIpc) is 2.76. The van der Waals surface area contributed by atoms with Gasteiger partial charge >= 0.3 is 0 Å². The van der Waals surface area contributed by atoms with Crippen LogP contribution in [0.1, 0.15) is 12.8 Å². The predicted octanol–water partition coefficient (Wildman–Crippen LogP) is 4.76. The zero-order valence-electron chi connectivity index (χ0n) is 15.4. The van der Waals surface area contributed by atoms with Crippen LogP contribution in [0.2, 0.25) is 0 Å². The molecule has 6 heteroatoms. The van der Waals surface area contributed by atoms with Crippen molar-refractivity contribution in [3.8, 4) is 11.1 Å². The second kappa shape index (κ2) is 8.52. The molecule has 28 heavy (non-hydrogen) atoms. The monoisotopic (exact) mass is 436 g/mol. The molecule has 142 valence electrons. The van der Waals surface area contributed by atoms with E-state index in [4.69, 9.17) is 0 Å². The number of carbonyl (C=O) groups excluding carboxylic acids is 1. The molecule has 1 saturated heterocycles. The quantitative estimate of drug-likeness (QED) is 0.640. The molecule has 0 spiro atoms. The van der Waals surface area contributed by atoms with Crippen LogP contribution in [-0.4, -0.2) is 29.0 Å². The summed E-state index contributed by atoms with van der Waals surface area (Å²) in [6.45, 7) is 1.50. The highest BCUT2D eigenvalue weighted by atomic mass is 79.9. The number of carbonyl (C=O) groups is 1. The third-order valence-corrected chi connectivity index (χ3v) is 5.46. The molecule has 1 N–H and O–H groups in total. The predicted molar refractivity (Wildman–Crippen MR) is 115 cm³/mol.